The second-order valence-electron chi connectivity index (χ2n) is 4.42. The lowest BCUT2D eigenvalue weighted by atomic mass is 10.0. The van der Waals surface area contributed by atoms with E-state index in [0.717, 1.165) is 21.6 Å². The van der Waals surface area contributed by atoms with Gasteiger partial charge in [-0.1, -0.05) is 35.9 Å². The molecule has 0 aliphatic heterocycles. The number of halogens is 1. The Bertz CT molecular complexity index is 607. The van der Waals surface area contributed by atoms with Crippen molar-refractivity contribution < 1.29 is 4.79 Å². The van der Waals surface area contributed by atoms with E-state index in [-0.39, 0.29) is 5.78 Å². The second kappa shape index (κ2) is 6.27. The lowest BCUT2D eigenvalue weighted by Gasteiger charge is -2.07. The fourth-order valence-electron chi connectivity index (χ4n) is 1.84. The molecular weight excluding hydrogens is 276 g/mol. The van der Waals surface area contributed by atoms with Crippen LogP contribution in [0.25, 0.3) is 0 Å². The summed E-state index contributed by atoms with van der Waals surface area (Å²) < 4.78 is 0. The van der Waals surface area contributed by atoms with Gasteiger partial charge in [0.2, 0.25) is 0 Å². The highest BCUT2D eigenvalue weighted by Gasteiger charge is 2.10. The summed E-state index contributed by atoms with van der Waals surface area (Å²) in [5.74, 6) is 0.594. The van der Waals surface area contributed by atoms with Crippen LogP contribution < -0.4 is 0 Å². The van der Waals surface area contributed by atoms with E-state index in [4.69, 9.17) is 11.6 Å². The molecule has 0 aliphatic rings. The Morgan fingerprint density at radius 1 is 1.16 bits per heavy atom. The number of benzene rings is 2. The van der Waals surface area contributed by atoms with Crippen LogP contribution in [0.2, 0.25) is 5.02 Å². The maximum atomic E-state index is 12.2. The molecule has 3 heteroatoms. The Morgan fingerprint density at radius 2 is 1.89 bits per heavy atom. The average Bonchev–Trinajstić information content (AvgIpc) is 2.39. The highest BCUT2D eigenvalue weighted by atomic mass is 35.5. The molecule has 0 radical (unpaired) electrons. The van der Waals surface area contributed by atoms with Crippen molar-refractivity contribution >= 4 is 29.1 Å². The van der Waals surface area contributed by atoms with Crippen LogP contribution in [0.3, 0.4) is 0 Å². The van der Waals surface area contributed by atoms with Crippen molar-refractivity contribution in [3.63, 3.8) is 0 Å². The quantitative estimate of drug-likeness (QED) is 0.586. The zero-order valence-corrected chi connectivity index (χ0v) is 12.5. The molecule has 0 spiro atoms. The predicted octanol–water partition coefficient (Wildman–Crippen LogP) is 4.93. The molecule has 2 aromatic carbocycles. The minimum atomic E-state index is 0.158. The Balaban J connectivity index is 2.08. The van der Waals surface area contributed by atoms with Gasteiger partial charge in [0.15, 0.2) is 5.78 Å². The van der Waals surface area contributed by atoms with Gasteiger partial charge in [0, 0.05) is 15.5 Å². The zero-order valence-electron chi connectivity index (χ0n) is 10.9. The van der Waals surface area contributed by atoms with Crippen molar-refractivity contribution in [3.8, 4) is 0 Å². The molecule has 0 aromatic heterocycles. The molecule has 2 aromatic rings. The first-order chi connectivity index (χ1) is 9.08. The van der Waals surface area contributed by atoms with Crippen molar-refractivity contribution in [1.82, 2.24) is 0 Å². The van der Waals surface area contributed by atoms with Gasteiger partial charge in [-0.3, -0.25) is 4.79 Å². The second-order valence-corrected chi connectivity index (χ2v) is 5.90. The van der Waals surface area contributed by atoms with Gasteiger partial charge in [-0.2, -0.15) is 0 Å². The van der Waals surface area contributed by atoms with Crippen LogP contribution in [0.15, 0.2) is 47.4 Å². The lowest BCUT2D eigenvalue weighted by molar-refractivity contribution is 0.102. The molecule has 0 saturated carbocycles. The van der Waals surface area contributed by atoms with Gasteiger partial charge in [0.05, 0.1) is 5.75 Å². The number of carbonyl (C=O) groups is 1. The van der Waals surface area contributed by atoms with E-state index in [0.29, 0.717) is 10.8 Å². The molecular formula is C16H15ClOS. The Kier molecular flexibility index (Phi) is 4.67. The summed E-state index contributed by atoms with van der Waals surface area (Å²) in [5.41, 5.74) is 3.03. The molecule has 98 valence electrons. The third-order valence-electron chi connectivity index (χ3n) is 3.07. The van der Waals surface area contributed by atoms with E-state index in [9.17, 15) is 4.79 Å². The standard InChI is InChI=1S/C16H15ClOS/c1-11-5-3-8-15(12(11)2)16(18)10-19-14-7-4-6-13(17)9-14/h3-9H,10H2,1-2H3. The highest BCUT2D eigenvalue weighted by Crippen LogP contribution is 2.23. The van der Waals surface area contributed by atoms with Crippen LogP contribution in [0, 0.1) is 13.8 Å². The van der Waals surface area contributed by atoms with Gasteiger partial charge in [-0.05, 0) is 43.2 Å². The summed E-state index contributed by atoms with van der Waals surface area (Å²) in [4.78, 5) is 13.2. The van der Waals surface area contributed by atoms with Crippen molar-refractivity contribution in [1.29, 1.82) is 0 Å². The van der Waals surface area contributed by atoms with E-state index < -0.39 is 0 Å². The smallest absolute Gasteiger partial charge is 0.173 e. The normalized spacial score (nSPS) is 10.5. The van der Waals surface area contributed by atoms with E-state index in [1.54, 1.807) is 0 Å². The minimum absolute atomic E-state index is 0.158. The number of hydrogen-bond acceptors (Lipinski definition) is 2. The first-order valence-electron chi connectivity index (χ1n) is 6.05. The van der Waals surface area contributed by atoms with E-state index in [1.165, 1.54) is 11.8 Å². The summed E-state index contributed by atoms with van der Waals surface area (Å²) >= 11 is 7.44. The van der Waals surface area contributed by atoms with Gasteiger partial charge in [0.1, 0.15) is 0 Å². The molecule has 0 fully saturated rings. The molecule has 19 heavy (non-hydrogen) atoms. The van der Waals surface area contributed by atoms with E-state index >= 15 is 0 Å². The van der Waals surface area contributed by atoms with Gasteiger partial charge in [-0.15, -0.1) is 11.8 Å². The summed E-state index contributed by atoms with van der Waals surface area (Å²) in [6, 6.07) is 13.4. The van der Waals surface area contributed by atoms with Crippen molar-refractivity contribution in [2.45, 2.75) is 18.7 Å². The number of thioether (sulfide) groups is 1. The Hall–Kier alpha value is -1.25. The van der Waals surface area contributed by atoms with Crippen molar-refractivity contribution in [2.24, 2.45) is 0 Å². The minimum Gasteiger partial charge on any atom is -0.293 e. The molecule has 1 nitrogen and oxygen atoms in total. The summed E-state index contributed by atoms with van der Waals surface area (Å²) in [6.07, 6.45) is 0. The van der Waals surface area contributed by atoms with Gasteiger partial charge in [-0.25, -0.2) is 0 Å². The van der Waals surface area contributed by atoms with Gasteiger partial charge < -0.3 is 0 Å². The predicted molar refractivity (Wildman–Crippen MR) is 82.4 cm³/mol. The SMILES string of the molecule is Cc1cccc(C(=O)CSc2cccc(Cl)c2)c1C. The number of carbonyl (C=O) groups excluding carboxylic acids is 1. The van der Waals surface area contributed by atoms with Crippen LogP contribution in [0.5, 0.6) is 0 Å². The van der Waals surface area contributed by atoms with Crippen LogP contribution in [0.4, 0.5) is 0 Å². The molecule has 0 bridgehead atoms. The summed E-state index contributed by atoms with van der Waals surface area (Å²) in [6.45, 7) is 4.02. The maximum Gasteiger partial charge on any atom is 0.173 e. The average molecular weight is 291 g/mol. The third-order valence-corrected chi connectivity index (χ3v) is 4.30. The lowest BCUT2D eigenvalue weighted by Crippen LogP contribution is -2.05. The molecule has 0 saturated heterocycles. The summed E-state index contributed by atoms with van der Waals surface area (Å²) in [5, 5.41) is 0.698. The third kappa shape index (κ3) is 3.62. The molecule has 0 N–H and O–H groups in total. The first kappa shape index (κ1) is 14.2. The fraction of sp³-hybridized carbons (Fsp3) is 0.188. The molecule has 0 heterocycles. The number of ketones is 1. The molecule has 2 rings (SSSR count). The van der Waals surface area contributed by atoms with Crippen molar-refractivity contribution in [3.05, 3.63) is 64.2 Å². The summed E-state index contributed by atoms with van der Waals surface area (Å²) in [7, 11) is 0. The molecule has 0 unspecified atom stereocenters. The molecule has 0 atom stereocenters. The zero-order chi connectivity index (χ0) is 13.8. The molecule has 0 amide bonds. The fourth-order valence-corrected chi connectivity index (χ4v) is 2.93. The highest BCUT2D eigenvalue weighted by molar-refractivity contribution is 8.00. The number of rotatable bonds is 4. The van der Waals surface area contributed by atoms with Crippen molar-refractivity contribution in [2.75, 3.05) is 5.75 Å². The van der Waals surface area contributed by atoms with Crippen LogP contribution >= 0.6 is 23.4 Å². The van der Waals surface area contributed by atoms with Crippen LogP contribution in [-0.4, -0.2) is 11.5 Å². The van der Waals surface area contributed by atoms with Crippen LogP contribution in [-0.2, 0) is 0 Å². The topological polar surface area (TPSA) is 17.1 Å². The number of aryl methyl sites for hydroxylation is 1. The van der Waals surface area contributed by atoms with Gasteiger partial charge in [0.25, 0.3) is 0 Å². The molecule has 0 aliphatic carbocycles. The number of Topliss-reactive ketones (excluding diaryl/α,β-unsaturated/α-hetero) is 1. The Labute approximate surface area is 123 Å². The van der Waals surface area contributed by atoms with E-state index in [1.807, 2.05) is 56.3 Å². The Morgan fingerprint density at radius 3 is 2.63 bits per heavy atom. The maximum absolute atomic E-state index is 12.2. The van der Waals surface area contributed by atoms with Gasteiger partial charge >= 0.3 is 0 Å². The van der Waals surface area contributed by atoms with Crippen LogP contribution in [0.1, 0.15) is 21.5 Å². The monoisotopic (exact) mass is 290 g/mol. The first-order valence-corrected chi connectivity index (χ1v) is 7.42. The largest absolute Gasteiger partial charge is 0.293 e. The van der Waals surface area contributed by atoms with E-state index in [2.05, 4.69) is 0 Å². The number of hydrogen-bond donors (Lipinski definition) is 0.